The van der Waals surface area contributed by atoms with Crippen LogP contribution in [-0.2, 0) is 0 Å². The highest BCUT2D eigenvalue weighted by atomic mass is 14.8. The van der Waals surface area contributed by atoms with Crippen molar-refractivity contribution in [2.45, 2.75) is 13.8 Å². The number of hydrogen-bond donors (Lipinski definition) is 0. The van der Waals surface area contributed by atoms with E-state index in [1.165, 1.54) is 0 Å². The molecule has 2 aromatic carbocycles. The summed E-state index contributed by atoms with van der Waals surface area (Å²) in [5, 5.41) is 4.31. The number of benzene rings is 2. The van der Waals surface area contributed by atoms with E-state index in [2.05, 4.69) is 22.1 Å². The second kappa shape index (κ2) is 4.22. The Morgan fingerprint density at radius 1 is 0.611 bits per heavy atom. The van der Waals surface area contributed by atoms with E-state index in [0.717, 1.165) is 32.5 Å². The van der Waals surface area contributed by atoms with Crippen LogP contribution in [0.1, 0.15) is 13.8 Å². The van der Waals surface area contributed by atoms with Crippen molar-refractivity contribution in [2.75, 3.05) is 0 Å². The van der Waals surface area contributed by atoms with Gasteiger partial charge in [-0.15, -0.1) is 0 Å². The van der Waals surface area contributed by atoms with Crippen LogP contribution < -0.4 is 10.7 Å². The van der Waals surface area contributed by atoms with Crippen LogP contribution >= 0.6 is 0 Å². The second-order valence-electron chi connectivity index (χ2n) is 4.43. The zero-order valence-electron chi connectivity index (χ0n) is 10.5. The Morgan fingerprint density at radius 3 is 1.44 bits per heavy atom. The quantitative estimate of drug-likeness (QED) is 0.669. The van der Waals surface area contributed by atoms with E-state index in [0.29, 0.717) is 0 Å². The maximum Gasteiger partial charge on any atom is 0.0712 e. The minimum Gasteiger partial charge on any atom is -0.251 e. The highest BCUT2D eigenvalue weighted by molar-refractivity contribution is 5.19. The summed E-state index contributed by atoms with van der Waals surface area (Å²) >= 11 is 0. The zero-order valence-corrected chi connectivity index (χ0v) is 10.5. The maximum absolute atomic E-state index is 4.67. The van der Waals surface area contributed by atoms with Gasteiger partial charge >= 0.3 is 0 Å². The van der Waals surface area contributed by atoms with E-state index in [9.17, 15) is 0 Å². The van der Waals surface area contributed by atoms with Gasteiger partial charge < -0.3 is 0 Å². The maximum atomic E-state index is 4.67. The molecule has 0 spiro atoms. The van der Waals surface area contributed by atoms with Crippen LogP contribution in [0.2, 0.25) is 0 Å². The molecule has 88 valence electrons. The predicted molar refractivity (Wildman–Crippen MR) is 71.2 cm³/mol. The van der Waals surface area contributed by atoms with Gasteiger partial charge in [0.05, 0.1) is 22.1 Å². The molecule has 1 aliphatic heterocycles. The summed E-state index contributed by atoms with van der Waals surface area (Å²) < 4.78 is 0. The number of para-hydroxylation sites is 2. The molecule has 0 amide bonds. The SMILES string of the molecule is CC1=C(C)/N=c2/cccc/c2=c2\cccc\c2=N\1. The lowest BCUT2D eigenvalue weighted by Crippen LogP contribution is -2.12. The smallest absolute Gasteiger partial charge is 0.0712 e. The van der Waals surface area contributed by atoms with E-state index in [4.69, 9.17) is 0 Å². The summed E-state index contributed by atoms with van der Waals surface area (Å²) in [6, 6.07) is 16.4. The molecule has 2 nitrogen and oxygen atoms in total. The minimum atomic E-state index is 0.969. The Hall–Kier alpha value is -2.22. The minimum absolute atomic E-state index is 0.969. The monoisotopic (exact) mass is 234 g/mol. The summed E-state index contributed by atoms with van der Waals surface area (Å²) in [4.78, 5) is 9.33. The van der Waals surface area contributed by atoms with Gasteiger partial charge in [0.2, 0.25) is 0 Å². The van der Waals surface area contributed by atoms with Gasteiger partial charge in [-0.05, 0) is 26.0 Å². The van der Waals surface area contributed by atoms with Crippen LogP contribution in [0, 0.1) is 10.4 Å². The number of hydrogen-bond acceptors (Lipinski definition) is 2. The van der Waals surface area contributed by atoms with Gasteiger partial charge in [-0.2, -0.15) is 0 Å². The molecular weight excluding hydrogens is 220 g/mol. The molecule has 0 saturated heterocycles. The van der Waals surface area contributed by atoms with E-state index >= 15 is 0 Å². The van der Waals surface area contributed by atoms with Crippen LogP contribution in [0.4, 0.5) is 0 Å². The molecular formula is C16H14N2. The second-order valence-corrected chi connectivity index (χ2v) is 4.43. The third-order valence-corrected chi connectivity index (χ3v) is 3.20. The number of rotatable bonds is 0. The number of allylic oxidation sites excluding steroid dienone is 2. The molecule has 18 heavy (non-hydrogen) atoms. The van der Waals surface area contributed by atoms with Crippen molar-refractivity contribution in [3.63, 3.8) is 0 Å². The van der Waals surface area contributed by atoms with Gasteiger partial charge in [0, 0.05) is 10.4 Å². The standard InChI is InChI=1S/C16H14N2/c1-11-12(2)18-16-10-6-4-8-14(16)13-7-3-5-9-15(13)17-11/h3-10H,1-2H3/b12-11-,14-13-,17-11?,17-15-,18-12?,18-16-. The molecule has 3 rings (SSSR count). The number of fused-ring (bicyclic) bond motifs is 2. The van der Waals surface area contributed by atoms with Gasteiger partial charge in [-0.3, -0.25) is 9.98 Å². The van der Waals surface area contributed by atoms with Crippen molar-refractivity contribution < 1.29 is 0 Å². The Morgan fingerprint density at radius 2 is 1.00 bits per heavy atom. The fourth-order valence-corrected chi connectivity index (χ4v) is 2.12. The lowest BCUT2D eigenvalue weighted by molar-refractivity contribution is 1.05. The Bertz CT molecular complexity index is 774. The van der Waals surface area contributed by atoms with Crippen LogP contribution in [-0.4, -0.2) is 0 Å². The topological polar surface area (TPSA) is 24.7 Å². The molecule has 0 bridgehead atoms. The molecule has 0 aromatic heterocycles. The van der Waals surface area contributed by atoms with Crippen molar-refractivity contribution in [2.24, 2.45) is 9.98 Å². The van der Waals surface area contributed by atoms with Crippen molar-refractivity contribution in [3.05, 3.63) is 81.1 Å². The largest absolute Gasteiger partial charge is 0.251 e. The highest BCUT2D eigenvalue weighted by Gasteiger charge is 1.99. The summed E-state index contributed by atoms with van der Waals surface area (Å²) in [6.45, 7) is 4.01. The van der Waals surface area contributed by atoms with Crippen molar-refractivity contribution >= 4 is 0 Å². The molecule has 0 unspecified atom stereocenters. The molecule has 0 aliphatic carbocycles. The van der Waals surface area contributed by atoms with Crippen molar-refractivity contribution in [1.82, 2.24) is 0 Å². The zero-order chi connectivity index (χ0) is 12.5. The van der Waals surface area contributed by atoms with E-state index in [-0.39, 0.29) is 0 Å². The summed E-state index contributed by atoms with van der Waals surface area (Å²) in [7, 11) is 0. The molecule has 0 radical (unpaired) electrons. The van der Waals surface area contributed by atoms with Gasteiger partial charge in [-0.25, -0.2) is 0 Å². The van der Waals surface area contributed by atoms with Crippen LogP contribution in [0.5, 0.6) is 0 Å². The first kappa shape index (κ1) is 10.9. The Balaban J connectivity index is 2.71. The van der Waals surface area contributed by atoms with E-state index in [1.54, 1.807) is 0 Å². The van der Waals surface area contributed by atoms with Gasteiger partial charge in [0.15, 0.2) is 0 Å². The average Bonchev–Trinajstić information content (AvgIpc) is 2.39. The van der Waals surface area contributed by atoms with E-state index < -0.39 is 0 Å². The summed E-state index contributed by atoms with van der Waals surface area (Å²) in [5.41, 5.74) is 1.94. The fraction of sp³-hybridized carbons (Fsp3) is 0.125. The molecule has 0 N–H and O–H groups in total. The molecule has 1 aliphatic rings. The molecule has 0 fully saturated rings. The van der Waals surface area contributed by atoms with Gasteiger partial charge in [0.1, 0.15) is 0 Å². The lowest BCUT2D eigenvalue weighted by Gasteiger charge is -2.02. The molecule has 2 heteroatoms. The van der Waals surface area contributed by atoms with Crippen LogP contribution in [0.3, 0.4) is 0 Å². The molecule has 0 atom stereocenters. The van der Waals surface area contributed by atoms with E-state index in [1.807, 2.05) is 50.2 Å². The fourth-order valence-electron chi connectivity index (χ4n) is 2.12. The first-order chi connectivity index (χ1) is 8.75. The first-order valence-corrected chi connectivity index (χ1v) is 6.05. The Labute approximate surface area is 105 Å². The highest BCUT2D eigenvalue weighted by Crippen LogP contribution is 2.06. The first-order valence-electron chi connectivity index (χ1n) is 6.05. The Kier molecular flexibility index (Phi) is 2.56. The predicted octanol–water partition coefficient (Wildman–Crippen LogP) is 2.48. The van der Waals surface area contributed by atoms with Crippen molar-refractivity contribution in [3.8, 4) is 0 Å². The van der Waals surface area contributed by atoms with Gasteiger partial charge in [-0.1, -0.05) is 36.4 Å². The molecule has 1 heterocycles. The normalized spacial score (nSPS) is 23.4. The third-order valence-electron chi connectivity index (χ3n) is 3.20. The molecule has 0 saturated carbocycles. The lowest BCUT2D eigenvalue weighted by atomic mass is 10.2. The number of nitrogens with zero attached hydrogens (tertiary/aromatic N) is 2. The third kappa shape index (κ3) is 1.76. The molecule has 2 aromatic rings. The van der Waals surface area contributed by atoms with Gasteiger partial charge in [0.25, 0.3) is 0 Å². The summed E-state index contributed by atoms with van der Waals surface area (Å²) in [5.74, 6) is 0. The van der Waals surface area contributed by atoms with Crippen LogP contribution in [0.15, 0.2) is 69.9 Å². The van der Waals surface area contributed by atoms with Crippen molar-refractivity contribution in [1.29, 1.82) is 0 Å². The summed E-state index contributed by atoms with van der Waals surface area (Å²) in [6.07, 6.45) is 0. The average molecular weight is 234 g/mol. The van der Waals surface area contributed by atoms with Crippen LogP contribution in [0.25, 0.3) is 0 Å².